The molecule has 0 aliphatic carbocycles. The third-order valence-corrected chi connectivity index (χ3v) is 7.27. The van der Waals surface area contributed by atoms with E-state index in [1.54, 1.807) is 30.3 Å². The van der Waals surface area contributed by atoms with Gasteiger partial charge in [-0.3, -0.25) is 15.0 Å². The molecule has 0 spiro atoms. The SMILES string of the molecule is CCCc1ccc(C)cc1N(C=O)C(=NC(=O)Nc1ccc(CN(C)c2ncn(-c3ccc(OC(F)(F)F)cc3)n2)cn1)SCC. The second-order valence-electron chi connectivity index (χ2n) is 10.1. The molecule has 0 saturated carbocycles. The normalized spacial score (nSPS) is 11.7. The monoisotopic (exact) mass is 654 g/mol. The van der Waals surface area contributed by atoms with E-state index in [2.05, 4.69) is 37.0 Å². The lowest BCUT2D eigenvalue weighted by Crippen LogP contribution is -2.30. The van der Waals surface area contributed by atoms with E-state index < -0.39 is 12.4 Å². The lowest BCUT2D eigenvalue weighted by molar-refractivity contribution is -0.274. The fourth-order valence-corrected chi connectivity index (χ4v) is 5.07. The molecule has 242 valence electrons. The molecule has 0 saturated heterocycles. The van der Waals surface area contributed by atoms with Gasteiger partial charge >= 0.3 is 12.4 Å². The largest absolute Gasteiger partial charge is 0.573 e. The van der Waals surface area contributed by atoms with Crippen LogP contribution in [0, 0.1) is 6.92 Å². The van der Waals surface area contributed by atoms with Crippen molar-refractivity contribution in [3.05, 3.63) is 83.8 Å². The number of anilines is 3. The smallest absolute Gasteiger partial charge is 0.406 e. The number of hydrogen-bond acceptors (Lipinski definition) is 8. The standard InChI is InChI=1S/C31H33F3N8O3S/c1-5-7-23-10-8-21(3)16-26(23)41(20-43)30(46-6-2)38-29(44)37-27-15-9-22(17-35-27)18-40(4)28-36-19-42(39-28)24-11-13-25(14-12-24)45-31(32,33)34/h8-17,19-20H,5-7,18H2,1-4H3,(H,35,37,44). The van der Waals surface area contributed by atoms with Crippen molar-refractivity contribution in [2.24, 2.45) is 4.99 Å². The maximum Gasteiger partial charge on any atom is 0.573 e. The summed E-state index contributed by atoms with van der Waals surface area (Å²) < 4.78 is 42.6. The van der Waals surface area contributed by atoms with Crippen molar-refractivity contribution < 1.29 is 27.5 Å². The molecule has 4 aromatic rings. The Morgan fingerprint density at radius 3 is 2.50 bits per heavy atom. The van der Waals surface area contributed by atoms with Crippen molar-refractivity contribution in [3.8, 4) is 11.4 Å². The Morgan fingerprint density at radius 2 is 1.87 bits per heavy atom. The van der Waals surface area contributed by atoms with Gasteiger partial charge in [-0.15, -0.1) is 18.3 Å². The van der Waals surface area contributed by atoms with Gasteiger partial charge in [0.25, 0.3) is 0 Å². The zero-order valence-corrected chi connectivity index (χ0v) is 26.5. The Kier molecular flexibility index (Phi) is 11.4. The van der Waals surface area contributed by atoms with Gasteiger partial charge in [-0.2, -0.15) is 9.98 Å². The number of nitrogens with zero attached hydrogens (tertiary/aromatic N) is 7. The number of aromatic nitrogens is 4. The minimum Gasteiger partial charge on any atom is -0.406 e. The summed E-state index contributed by atoms with van der Waals surface area (Å²) in [6, 6.07) is 13.9. The maximum absolute atomic E-state index is 12.9. The highest BCUT2D eigenvalue weighted by Gasteiger charge is 2.31. The second kappa shape index (κ2) is 15.4. The number of rotatable bonds is 11. The van der Waals surface area contributed by atoms with Crippen LogP contribution in [0.4, 0.5) is 35.4 Å². The Bertz CT molecular complexity index is 1660. The van der Waals surface area contributed by atoms with E-state index in [1.165, 1.54) is 51.9 Å². The summed E-state index contributed by atoms with van der Waals surface area (Å²) >= 11 is 1.28. The molecule has 2 aromatic carbocycles. The molecule has 0 aliphatic heterocycles. The van der Waals surface area contributed by atoms with Crippen LogP contribution in [0.25, 0.3) is 5.69 Å². The summed E-state index contributed by atoms with van der Waals surface area (Å²) in [6.45, 7) is 6.29. The third kappa shape index (κ3) is 9.30. The van der Waals surface area contributed by atoms with E-state index in [9.17, 15) is 22.8 Å². The number of carbonyl (C=O) groups is 2. The summed E-state index contributed by atoms with van der Waals surface area (Å²) in [5.74, 6) is 0.918. The molecular weight excluding hydrogens is 621 g/mol. The summed E-state index contributed by atoms with van der Waals surface area (Å²) in [7, 11) is 1.77. The van der Waals surface area contributed by atoms with Gasteiger partial charge in [-0.05, 0) is 72.2 Å². The fourth-order valence-electron chi connectivity index (χ4n) is 4.38. The molecule has 0 unspecified atom stereocenters. The van der Waals surface area contributed by atoms with Crippen LogP contribution in [0.2, 0.25) is 0 Å². The van der Waals surface area contributed by atoms with Gasteiger partial charge in [0.2, 0.25) is 12.4 Å². The minimum absolute atomic E-state index is 0.258. The number of urea groups is 1. The number of aliphatic imine (C=N–C) groups is 1. The number of halogens is 3. The number of hydrogen-bond donors (Lipinski definition) is 1. The predicted octanol–water partition coefficient (Wildman–Crippen LogP) is 6.76. The zero-order chi connectivity index (χ0) is 33.3. The number of benzene rings is 2. The molecular formula is C31H33F3N8O3S. The van der Waals surface area contributed by atoms with Gasteiger partial charge in [-0.25, -0.2) is 14.5 Å². The Morgan fingerprint density at radius 1 is 1.11 bits per heavy atom. The highest BCUT2D eigenvalue weighted by molar-refractivity contribution is 8.14. The van der Waals surface area contributed by atoms with Crippen LogP contribution >= 0.6 is 11.8 Å². The van der Waals surface area contributed by atoms with Crippen molar-refractivity contribution in [1.82, 2.24) is 19.7 Å². The molecule has 11 nitrogen and oxygen atoms in total. The third-order valence-electron chi connectivity index (χ3n) is 6.44. The van der Waals surface area contributed by atoms with E-state index in [4.69, 9.17) is 0 Å². The van der Waals surface area contributed by atoms with Crippen LogP contribution in [-0.4, -0.2) is 56.5 Å². The van der Waals surface area contributed by atoms with Crippen molar-refractivity contribution in [2.75, 3.05) is 27.9 Å². The van der Waals surface area contributed by atoms with Gasteiger partial charge in [-0.1, -0.05) is 50.2 Å². The van der Waals surface area contributed by atoms with Crippen LogP contribution in [-0.2, 0) is 17.8 Å². The first-order valence-electron chi connectivity index (χ1n) is 14.3. The molecule has 2 heterocycles. The Hall–Kier alpha value is -4.92. The summed E-state index contributed by atoms with van der Waals surface area (Å²) in [5.41, 5.74) is 3.97. The van der Waals surface area contributed by atoms with Gasteiger partial charge < -0.3 is 9.64 Å². The van der Waals surface area contributed by atoms with Crippen molar-refractivity contribution in [1.29, 1.82) is 0 Å². The molecule has 4 rings (SSSR count). The molecule has 15 heteroatoms. The molecule has 46 heavy (non-hydrogen) atoms. The van der Waals surface area contributed by atoms with Crippen LogP contribution in [0.1, 0.15) is 37.0 Å². The fraction of sp³-hybridized carbons (Fsp3) is 0.290. The highest BCUT2D eigenvalue weighted by Crippen LogP contribution is 2.27. The summed E-state index contributed by atoms with van der Waals surface area (Å²) in [5, 5.41) is 7.30. The number of pyridine rings is 1. The lowest BCUT2D eigenvalue weighted by Gasteiger charge is -2.22. The number of aryl methyl sites for hydroxylation is 2. The first kappa shape index (κ1) is 34.0. The zero-order valence-electron chi connectivity index (χ0n) is 25.7. The van der Waals surface area contributed by atoms with Gasteiger partial charge in [0.15, 0.2) is 5.17 Å². The quantitative estimate of drug-likeness (QED) is 0.107. The van der Waals surface area contributed by atoms with Crippen LogP contribution in [0.3, 0.4) is 0 Å². The number of ether oxygens (including phenoxy) is 1. The molecule has 0 radical (unpaired) electrons. The van der Waals surface area contributed by atoms with Crippen LogP contribution in [0.15, 0.2) is 72.1 Å². The summed E-state index contributed by atoms with van der Waals surface area (Å²) in [6.07, 6.45) is 0.618. The van der Waals surface area contributed by atoms with E-state index >= 15 is 0 Å². The van der Waals surface area contributed by atoms with Crippen LogP contribution in [0.5, 0.6) is 5.75 Å². The Labute approximate surface area is 268 Å². The van der Waals surface area contributed by atoms with Crippen LogP contribution < -0.4 is 19.9 Å². The summed E-state index contributed by atoms with van der Waals surface area (Å²) in [4.78, 5) is 41.1. The topological polar surface area (TPSA) is 118 Å². The van der Waals surface area contributed by atoms with E-state index in [1.807, 2.05) is 32.0 Å². The number of amides is 3. The van der Waals surface area contributed by atoms with E-state index in [-0.39, 0.29) is 16.7 Å². The number of amidine groups is 1. The highest BCUT2D eigenvalue weighted by atomic mass is 32.2. The first-order chi connectivity index (χ1) is 22.0. The molecule has 0 fully saturated rings. The van der Waals surface area contributed by atoms with E-state index in [0.29, 0.717) is 36.0 Å². The lowest BCUT2D eigenvalue weighted by atomic mass is 10.0. The number of nitrogens with one attached hydrogen (secondary N) is 1. The number of thioether (sulfide) groups is 1. The van der Waals surface area contributed by atoms with Crippen molar-refractivity contribution in [2.45, 2.75) is 46.5 Å². The van der Waals surface area contributed by atoms with E-state index in [0.717, 1.165) is 29.5 Å². The molecule has 0 aliphatic rings. The number of carbonyl (C=O) groups excluding carboxylic acids is 2. The number of alkyl halides is 3. The molecule has 0 atom stereocenters. The van der Waals surface area contributed by atoms with Gasteiger partial charge in [0.05, 0.1) is 11.4 Å². The Balaban J connectivity index is 1.40. The molecule has 3 amide bonds. The van der Waals surface area contributed by atoms with Crippen molar-refractivity contribution >= 4 is 46.8 Å². The van der Waals surface area contributed by atoms with Crippen molar-refractivity contribution in [3.63, 3.8) is 0 Å². The second-order valence-corrected chi connectivity index (χ2v) is 11.3. The van der Waals surface area contributed by atoms with Gasteiger partial charge in [0, 0.05) is 19.8 Å². The molecule has 1 N–H and O–H groups in total. The average Bonchev–Trinajstić information content (AvgIpc) is 3.50. The predicted molar refractivity (Wildman–Crippen MR) is 173 cm³/mol. The van der Waals surface area contributed by atoms with Gasteiger partial charge in [0.1, 0.15) is 17.9 Å². The maximum atomic E-state index is 12.9. The minimum atomic E-state index is -4.77. The molecule has 2 aromatic heterocycles. The molecule has 0 bridgehead atoms. The average molecular weight is 655 g/mol. The first-order valence-corrected chi connectivity index (χ1v) is 15.3.